The molecule has 13 heavy (non-hydrogen) atoms. The highest BCUT2D eigenvalue weighted by molar-refractivity contribution is 7.91. The third-order valence-corrected chi connectivity index (χ3v) is 3.89. The number of sulfone groups is 1. The van der Waals surface area contributed by atoms with Crippen LogP contribution in [0, 0.1) is 0 Å². The van der Waals surface area contributed by atoms with Gasteiger partial charge < -0.3 is 0 Å². The lowest BCUT2D eigenvalue weighted by molar-refractivity contribution is -0.709. The number of alkyl halides is 1. The number of hydrogen-bond acceptors (Lipinski definition) is 2. The fraction of sp³-hybridized carbons (Fsp3) is 0.375. The molecule has 0 saturated carbocycles. The molecule has 1 heterocycles. The van der Waals surface area contributed by atoms with Gasteiger partial charge in [-0.3, -0.25) is 0 Å². The van der Waals surface area contributed by atoms with Crippen LogP contribution in [0.15, 0.2) is 29.4 Å². The molecule has 1 aromatic rings. The number of nitrogens with zero attached hydrogens (tertiary/aromatic N) is 1. The van der Waals surface area contributed by atoms with Crippen LogP contribution < -0.4 is 4.57 Å². The molecule has 0 aromatic carbocycles. The third-order valence-electron chi connectivity index (χ3n) is 1.67. The van der Waals surface area contributed by atoms with Crippen molar-refractivity contribution in [2.24, 2.45) is 7.05 Å². The van der Waals surface area contributed by atoms with Gasteiger partial charge in [-0.15, -0.1) is 11.6 Å². The first-order valence-electron chi connectivity index (χ1n) is 3.81. The van der Waals surface area contributed by atoms with Crippen LogP contribution >= 0.6 is 11.6 Å². The van der Waals surface area contributed by atoms with E-state index in [9.17, 15) is 8.42 Å². The molecule has 72 valence electrons. The second-order valence-electron chi connectivity index (χ2n) is 2.66. The molecule has 0 aliphatic heterocycles. The van der Waals surface area contributed by atoms with Gasteiger partial charge in [0.15, 0.2) is 6.20 Å². The molecule has 0 aliphatic rings. The highest BCUT2D eigenvalue weighted by Gasteiger charge is 2.22. The van der Waals surface area contributed by atoms with Crippen molar-refractivity contribution in [2.45, 2.75) is 5.03 Å². The Bertz CT molecular complexity index is 389. The van der Waals surface area contributed by atoms with E-state index in [1.165, 1.54) is 0 Å². The lowest BCUT2D eigenvalue weighted by atomic mass is 10.5. The van der Waals surface area contributed by atoms with Gasteiger partial charge >= 0.3 is 0 Å². The smallest absolute Gasteiger partial charge is 0.218 e. The Labute approximate surface area is 82.9 Å². The first-order valence-corrected chi connectivity index (χ1v) is 6.00. The van der Waals surface area contributed by atoms with Crippen LogP contribution in [-0.4, -0.2) is 20.1 Å². The molecule has 0 amide bonds. The number of halogens is 1. The molecule has 1 rings (SSSR count). The molecule has 0 radical (unpaired) electrons. The number of hydrogen-bond donors (Lipinski definition) is 0. The highest BCUT2D eigenvalue weighted by atomic mass is 35.5. The predicted octanol–water partition coefficient (Wildman–Crippen LogP) is 0.524. The van der Waals surface area contributed by atoms with Crippen molar-refractivity contribution in [3.63, 3.8) is 0 Å². The Morgan fingerprint density at radius 1 is 1.46 bits per heavy atom. The molecule has 0 unspecified atom stereocenters. The third kappa shape index (κ3) is 2.42. The second kappa shape index (κ2) is 4.07. The van der Waals surface area contributed by atoms with Crippen LogP contribution in [0.5, 0.6) is 0 Å². The van der Waals surface area contributed by atoms with E-state index in [0.717, 1.165) is 0 Å². The zero-order valence-electron chi connectivity index (χ0n) is 7.27. The Morgan fingerprint density at radius 3 is 2.69 bits per heavy atom. The SMILES string of the molecule is C[n+]1ccccc1S(=O)(=O)CCCl. The number of aromatic nitrogens is 1. The van der Waals surface area contributed by atoms with E-state index >= 15 is 0 Å². The second-order valence-corrected chi connectivity index (χ2v) is 5.09. The van der Waals surface area contributed by atoms with E-state index in [2.05, 4.69) is 0 Å². The van der Waals surface area contributed by atoms with Gasteiger partial charge in [-0.05, 0) is 6.07 Å². The van der Waals surface area contributed by atoms with Crippen molar-refractivity contribution in [1.29, 1.82) is 0 Å². The van der Waals surface area contributed by atoms with Gasteiger partial charge in [-0.1, -0.05) is 0 Å². The van der Waals surface area contributed by atoms with Gasteiger partial charge in [0.05, 0.1) is 5.75 Å². The topological polar surface area (TPSA) is 38.0 Å². The summed E-state index contributed by atoms with van der Waals surface area (Å²) in [4.78, 5) is 0. The molecule has 1 aromatic heterocycles. The van der Waals surface area contributed by atoms with Crippen LogP contribution in [0.25, 0.3) is 0 Å². The maximum atomic E-state index is 11.5. The van der Waals surface area contributed by atoms with Crippen LogP contribution in [0.1, 0.15) is 0 Å². The Balaban J connectivity index is 3.15. The molecule has 3 nitrogen and oxygen atoms in total. The maximum absolute atomic E-state index is 11.5. The van der Waals surface area contributed by atoms with Crippen LogP contribution in [0.2, 0.25) is 0 Å². The van der Waals surface area contributed by atoms with Gasteiger partial charge in [-0.25, -0.2) is 8.42 Å². The quantitative estimate of drug-likeness (QED) is 0.551. The standard InChI is InChI=1S/C8H11ClNO2S/c1-10-6-3-2-4-8(10)13(11,12)7-5-9/h2-4,6H,5,7H2,1H3/q+1. The number of pyridine rings is 1. The molecule has 0 atom stereocenters. The van der Waals surface area contributed by atoms with Crippen molar-refractivity contribution >= 4 is 21.4 Å². The zero-order valence-corrected chi connectivity index (χ0v) is 8.85. The van der Waals surface area contributed by atoms with E-state index in [1.54, 1.807) is 36.0 Å². The largest absolute Gasteiger partial charge is 0.297 e. The summed E-state index contributed by atoms with van der Waals surface area (Å²) >= 11 is 5.40. The highest BCUT2D eigenvalue weighted by Crippen LogP contribution is 2.04. The summed E-state index contributed by atoms with van der Waals surface area (Å²) in [5.74, 6) is 0.101. The fourth-order valence-corrected chi connectivity index (χ4v) is 2.84. The molecule has 0 aliphatic carbocycles. The fourth-order valence-electron chi connectivity index (χ4n) is 1.04. The minimum absolute atomic E-state index is 0.0214. The van der Waals surface area contributed by atoms with Gasteiger partial charge in [0.1, 0.15) is 7.05 Å². The summed E-state index contributed by atoms with van der Waals surface area (Å²) in [6.07, 6.45) is 1.70. The molecule has 5 heteroatoms. The lowest BCUT2D eigenvalue weighted by Gasteiger charge is -1.98. The van der Waals surface area contributed by atoms with E-state index in [4.69, 9.17) is 11.6 Å². The van der Waals surface area contributed by atoms with E-state index in [-0.39, 0.29) is 11.6 Å². The van der Waals surface area contributed by atoms with Crippen molar-refractivity contribution < 1.29 is 13.0 Å². The molecular weight excluding hydrogens is 210 g/mol. The van der Waals surface area contributed by atoms with Crippen molar-refractivity contribution in [3.05, 3.63) is 24.4 Å². The maximum Gasteiger partial charge on any atom is 0.297 e. The first kappa shape index (κ1) is 10.5. The minimum atomic E-state index is -3.21. The average Bonchev–Trinajstić information content (AvgIpc) is 2.04. The van der Waals surface area contributed by atoms with Crippen molar-refractivity contribution in [1.82, 2.24) is 0 Å². The molecule has 0 N–H and O–H groups in total. The molecule has 0 bridgehead atoms. The number of aryl methyl sites for hydroxylation is 1. The summed E-state index contributed by atoms with van der Waals surface area (Å²) in [6, 6.07) is 5.04. The molecular formula is C8H11ClNO2S+. The Morgan fingerprint density at radius 2 is 2.15 bits per heavy atom. The number of rotatable bonds is 3. The van der Waals surface area contributed by atoms with Crippen molar-refractivity contribution in [3.8, 4) is 0 Å². The average molecular weight is 221 g/mol. The van der Waals surface area contributed by atoms with Crippen LogP contribution in [0.3, 0.4) is 0 Å². The summed E-state index contributed by atoms with van der Waals surface area (Å²) in [7, 11) is -1.51. The van der Waals surface area contributed by atoms with Crippen LogP contribution in [-0.2, 0) is 16.9 Å². The van der Waals surface area contributed by atoms with E-state index < -0.39 is 9.84 Å². The van der Waals surface area contributed by atoms with Crippen LogP contribution in [0.4, 0.5) is 0 Å². The normalized spacial score (nSPS) is 11.5. The Kier molecular flexibility index (Phi) is 3.27. The monoisotopic (exact) mass is 220 g/mol. The molecule has 0 spiro atoms. The molecule has 0 fully saturated rings. The van der Waals surface area contributed by atoms with Gasteiger partial charge in [0.2, 0.25) is 9.84 Å². The zero-order chi connectivity index (χ0) is 9.90. The van der Waals surface area contributed by atoms with Gasteiger partial charge in [-0.2, -0.15) is 4.57 Å². The minimum Gasteiger partial charge on any atom is -0.218 e. The summed E-state index contributed by atoms with van der Waals surface area (Å²) in [5.41, 5.74) is 0. The lowest BCUT2D eigenvalue weighted by Crippen LogP contribution is -2.35. The molecule has 0 saturated heterocycles. The van der Waals surface area contributed by atoms with Gasteiger partial charge in [0.25, 0.3) is 5.03 Å². The van der Waals surface area contributed by atoms with Gasteiger partial charge in [0, 0.05) is 18.0 Å². The summed E-state index contributed by atoms with van der Waals surface area (Å²) < 4.78 is 24.7. The van der Waals surface area contributed by atoms with Crippen molar-refractivity contribution in [2.75, 3.05) is 11.6 Å². The first-order chi connectivity index (χ1) is 6.08. The Hall–Kier alpha value is -0.610. The van der Waals surface area contributed by atoms with E-state index in [1.807, 2.05) is 0 Å². The summed E-state index contributed by atoms with van der Waals surface area (Å²) in [5, 5.41) is 0.302. The summed E-state index contributed by atoms with van der Waals surface area (Å²) in [6.45, 7) is 0. The predicted molar refractivity (Wildman–Crippen MR) is 50.4 cm³/mol. The van der Waals surface area contributed by atoms with E-state index in [0.29, 0.717) is 5.03 Å².